The van der Waals surface area contributed by atoms with Gasteiger partial charge in [0, 0.05) is 23.8 Å². The van der Waals surface area contributed by atoms with Gasteiger partial charge in [-0.15, -0.1) is 0 Å². The molecule has 2 N–H and O–H groups in total. The molecule has 0 radical (unpaired) electrons. The topological polar surface area (TPSA) is 65.0 Å². The molecule has 1 heterocycles. The van der Waals surface area contributed by atoms with Gasteiger partial charge in [-0.2, -0.15) is 13.2 Å². The fourth-order valence-corrected chi connectivity index (χ4v) is 3.84. The summed E-state index contributed by atoms with van der Waals surface area (Å²) in [5, 5.41) is 14.4. The van der Waals surface area contributed by atoms with E-state index in [-0.39, 0.29) is 18.9 Å². The Morgan fingerprint density at radius 3 is 2.50 bits per heavy atom. The second-order valence-corrected chi connectivity index (χ2v) is 9.19. The van der Waals surface area contributed by atoms with E-state index in [0.29, 0.717) is 17.4 Å². The summed E-state index contributed by atoms with van der Waals surface area (Å²) < 4.78 is 44.4. The molecule has 1 aliphatic heterocycles. The van der Waals surface area contributed by atoms with Crippen LogP contribution in [0.2, 0.25) is 5.02 Å². The number of carbonyl (C=O) groups excluding carboxylic acids is 1. The summed E-state index contributed by atoms with van der Waals surface area (Å²) in [4.78, 5) is 15.7. The van der Waals surface area contributed by atoms with Crippen molar-refractivity contribution in [1.82, 2.24) is 9.80 Å². The maximum atomic E-state index is 13.2. The van der Waals surface area contributed by atoms with E-state index in [1.165, 1.54) is 25.3 Å². The molecule has 1 atom stereocenters. The smallest absolute Gasteiger partial charge is 0.416 e. The number of nitrogens with zero attached hydrogens (tertiary/aromatic N) is 2. The van der Waals surface area contributed by atoms with Crippen LogP contribution in [0.4, 0.5) is 18.9 Å². The molecule has 6 nitrogen and oxygen atoms in total. The lowest BCUT2D eigenvalue weighted by molar-refractivity contribution is -0.153. The lowest BCUT2D eigenvalue weighted by Crippen LogP contribution is -2.52. The van der Waals surface area contributed by atoms with Crippen molar-refractivity contribution >= 4 is 23.3 Å². The molecule has 1 unspecified atom stereocenters. The number of rotatable bonds is 7. The maximum Gasteiger partial charge on any atom is 0.416 e. The Morgan fingerprint density at radius 1 is 1.21 bits per heavy atom. The van der Waals surface area contributed by atoms with Gasteiger partial charge in [-0.3, -0.25) is 9.69 Å². The molecule has 184 valence electrons. The molecule has 0 amide bonds. The van der Waals surface area contributed by atoms with Crippen LogP contribution in [0.3, 0.4) is 0 Å². The first-order valence-electron chi connectivity index (χ1n) is 10.5. The SMILES string of the molecule is COC(=O)C(C)(C)CN1CN(Cc2ccc(Cl)cc2)C(Nc2cccc(C(F)(F)F)c2)=CC1O. The Morgan fingerprint density at radius 2 is 1.88 bits per heavy atom. The van der Waals surface area contributed by atoms with Crippen molar-refractivity contribution in [3.8, 4) is 0 Å². The summed E-state index contributed by atoms with van der Waals surface area (Å²) in [5.74, 6) is 0.0229. The number of aliphatic hydroxyl groups excluding tert-OH is 1. The van der Waals surface area contributed by atoms with Gasteiger partial charge < -0.3 is 20.1 Å². The number of hydrogen-bond donors (Lipinski definition) is 2. The van der Waals surface area contributed by atoms with E-state index in [4.69, 9.17) is 16.3 Å². The number of alkyl halides is 3. The number of esters is 1. The Hall–Kier alpha value is -2.75. The second kappa shape index (κ2) is 10.2. The van der Waals surface area contributed by atoms with E-state index < -0.39 is 29.4 Å². The van der Waals surface area contributed by atoms with E-state index in [2.05, 4.69) is 5.32 Å². The minimum Gasteiger partial charge on any atom is -0.469 e. The van der Waals surface area contributed by atoms with Crippen molar-refractivity contribution in [3.63, 3.8) is 0 Å². The molecule has 2 aromatic rings. The Bertz CT molecular complexity index is 1040. The number of ether oxygens (including phenoxy) is 1. The highest BCUT2D eigenvalue weighted by atomic mass is 35.5. The predicted octanol–water partition coefficient (Wildman–Crippen LogP) is 4.91. The molecule has 0 saturated carbocycles. The van der Waals surface area contributed by atoms with Crippen LogP contribution in [0.25, 0.3) is 0 Å². The number of carbonyl (C=O) groups is 1. The second-order valence-electron chi connectivity index (χ2n) is 8.76. The van der Waals surface area contributed by atoms with E-state index in [1.807, 2.05) is 17.0 Å². The quantitative estimate of drug-likeness (QED) is 0.530. The van der Waals surface area contributed by atoms with Crippen LogP contribution in [-0.4, -0.2) is 47.4 Å². The molecule has 1 aliphatic rings. The number of aliphatic hydroxyl groups is 1. The minimum atomic E-state index is -4.47. The van der Waals surface area contributed by atoms with Gasteiger partial charge in [0.2, 0.25) is 0 Å². The van der Waals surface area contributed by atoms with Gasteiger partial charge in [0.25, 0.3) is 0 Å². The van der Waals surface area contributed by atoms with E-state index in [9.17, 15) is 23.1 Å². The highest BCUT2D eigenvalue weighted by molar-refractivity contribution is 6.30. The van der Waals surface area contributed by atoms with E-state index in [1.54, 1.807) is 30.9 Å². The van der Waals surface area contributed by atoms with Crippen LogP contribution in [-0.2, 0) is 22.3 Å². The normalized spacial score (nSPS) is 17.4. The number of anilines is 1. The fourth-order valence-electron chi connectivity index (χ4n) is 3.71. The molecule has 3 rings (SSSR count). The third kappa shape index (κ3) is 6.43. The zero-order valence-electron chi connectivity index (χ0n) is 19.1. The van der Waals surface area contributed by atoms with Gasteiger partial charge in [-0.05, 0) is 55.8 Å². The van der Waals surface area contributed by atoms with Crippen LogP contribution >= 0.6 is 11.6 Å². The summed E-state index contributed by atoms with van der Waals surface area (Å²) in [6, 6.07) is 12.0. The van der Waals surface area contributed by atoms with Gasteiger partial charge >= 0.3 is 12.1 Å². The Balaban J connectivity index is 1.89. The molecule has 0 saturated heterocycles. The van der Waals surface area contributed by atoms with Crippen LogP contribution in [0.1, 0.15) is 25.0 Å². The molecule has 34 heavy (non-hydrogen) atoms. The summed E-state index contributed by atoms with van der Waals surface area (Å²) in [7, 11) is 1.31. The molecule has 0 bridgehead atoms. The molecule has 2 aromatic carbocycles. The molecule has 10 heteroatoms. The fraction of sp³-hybridized carbons (Fsp3) is 0.375. The van der Waals surface area contributed by atoms with Crippen molar-refractivity contribution in [2.75, 3.05) is 25.6 Å². The summed E-state index contributed by atoms with van der Waals surface area (Å²) in [6.07, 6.45) is -4.04. The average Bonchev–Trinajstić information content (AvgIpc) is 2.77. The lowest BCUT2D eigenvalue weighted by atomic mass is 9.92. The molecule has 0 aliphatic carbocycles. The molecular weight excluding hydrogens is 471 g/mol. The number of benzene rings is 2. The number of hydrogen-bond acceptors (Lipinski definition) is 6. The lowest BCUT2D eigenvalue weighted by Gasteiger charge is -2.42. The summed E-state index contributed by atoms with van der Waals surface area (Å²) >= 11 is 5.99. The molecular formula is C24H27ClF3N3O3. The van der Waals surface area contributed by atoms with Gasteiger partial charge in [-0.25, -0.2) is 0 Å². The molecule has 0 aromatic heterocycles. The van der Waals surface area contributed by atoms with Gasteiger partial charge in [-0.1, -0.05) is 29.8 Å². The first-order chi connectivity index (χ1) is 15.9. The zero-order chi connectivity index (χ0) is 25.1. The van der Waals surface area contributed by atoms with Crippen molar-refractivity contribution in [1.29, 1.82) is 0 Å². The highest BCUT2D eigenvalue weighted by Crippen LogP contribution is 2.32. The van der Waals surface area contributed by atoms with Gasteiger partial charge in [0.15, 0.2) is 0 Å². The summed E-state index contributed by atoms with van der Waals surface area (Å²) in [5.41, 5.74) is -0.524. The van der Waals surface area contributed by atoms with E-state index >= 15 is 0 Å². The number of methoxy groups -OCH3 is 1. The third-order valence-corrected chi connectivity index (χ3v) is 5.71. The first kappa shape index (κ1) is 25.9. The van der Waals surface area contributed by atoms with Crippen LogP contribution in [0.15, 0.2) is 60.4 Å². The number of nitrogens with one attached hydrogen (secondary N) is 1. The van der Waals surface area contributed by atoms with Crippen LogP contribution in [0, 0.1) is 5.41 Å². The zero-order valence-corrected chi connectivity index (χ0v) is 19.8. The predicted molar refractivity (Wildman–Crippen MR) is 124 cm³/mol. The summed E-state index contributed by atoms with van der Waals surface area (Å²) in [6.45, 7) is 4.23. The van der Waals surface area contributed by atoms with Gasteiger partial charge in [0.1, 0.15) is 12.0 Å². The largest absolute Gasteiger partial charge is 0.469 e. The van der Waals surface area contributed by atoms with E-state index in [0.717, 1.165) is 17.7 Å². The number of halogens is 4. The highest BCUT2D eigenvalue weighted by Gasteiger charge is 2.36. The maximum absolute atomic E-state index is 13.2. The average molecular weight is 498 g/mol. The van der Waals surface area contributed by atoms with Crippen LogP contribution < -0.4 is 5.32 Å². The Kier molecular flexibility index (Phi) is 7.80. The Labute approximate surface area is 201 Å². The van der Waals surface area contributed by atoms with Crippen molar-refractivity contribution < 1.29 is 27.8 Å². The molecule has 0 spiro atoms. The third-order valence-electron chi connectivity index (χ3n) is 5.46. The van der Waals surface area contributed by atoms with Crippen molar-refractivity contribution in [2.24, 2.45) is 5.41 Å². The van der Waals surface area contributed by atoms with Crippen LogP contribution in [0.5, 0.6) is 0 Å². The minimum absolute atomic E-state index is 0.200. The first-order valence-corrected chi connectivity index (χ1v) is 10.9. The van der Waals surface area contributed by atoms with Gasteiger partial charge in [0.05, 0.1) is 24.8 Å². The monoisotopic (exact) mass is 497 g/mol. The van der Waals surface area contributed by atoms with Crippen molar-refractivity contribution in [3.05, 3.63) is 76.6 Å². The standard InChI is InChI=1S/C24H27ClF3N3O3/c1-23(2,22(33)34-3)14-31-15-30(13-16-7-9-18(25)10-8-16)20(12-21(31)32)29-19-6-4-5-17(11-19)24(26,27)28/h4-12,21,29,32H,13-15H2,1-3H3. The van der Waals surface area contributed by atoms with Crippen molar-refractivity contribution in [2.45, 2.75) is 32.8 Å². The molecule has 0 fully saturated rings.